The molecule has 1 heterocycles. The van der Waals surface area contributed by atoms with Crippen LogP contribution in [0.5, 0.6) is 0 Å². The van der Waals surface area contributed by atoms with Crippen molar-refractivity contribution in [3.63, 3.8) is 0 Å². The van der Waals surface area contributed by atoms with Crippen LogP contribution in [0.15, 0.2) is 29.2 Å². The third kappa shape index (κ3) is 5.14. The quantitative estimate of drug-likeness (QED) is 0.585. The van der Waals surface area contributed by atoms with Crippen LogP contribution in [0.3, 0.4) is 0 Å². The number of hydrogen-bond acceptors (Lipinski definition) is 5. The highest BCUT2D eigenvalue weighted by Gasteiger charge is 2.28. The number of nitrogens with one attached hydrogen (secondary N) is 1. The zero-order chi connectivity index (χ0) is 18.4. The van der Waals surface area contributed by atoms with Gasteiger partial charge in [0.25, 0.3) is 11.8 Å². The minimum absolute atomic E-state index is 0.0846. The maximum absolute atomic E-state index is 12.2. The van der Waals surface area contributed by atoms with E-state index in [4.69, 9.17) is 12.2 Å². The zero-order valence-corrected chi connectivity index (χ0v) is 16.4. The van der Waals surface area contributed by atoms with Crippen molar-refractivity contribution in [3.05, 3.63) is 40.3 Å². The molecule has 2 rings (SSSR count). The lowest BCUT2D eigenvalue weighted by Gasteiger charge is -2.17. The van der Waals surface area contributed by atoms with Crippen molar-refractivity contribution >= 4 is 46.2 Å². The van der Waals surface area contributed by atoms with Crippen LogP contribution >= 0.6 is 24.0 Å². The highest BCUT2D eigenvalue weighted by molar-refractivity contribution is 8.26. The van der Waals surface area contributed by atoms with E-state index in [1.165, 1.54) is 16.7 Å². The second-order valence-corrected chi connectivity index (χ2v) is 7.32. The molecule has 0 aromatic heterocycles. The standard InChI is InChI=1S/C18H23N3O2S2/c1-4-21(5-2)11-10-19-16(22)14-8-6-13(7-9-14)12-15-17(23)20(3)18(24)25-15/h6-9,12H,4-5,10-11H2,1-3H3,(H,19,22). The van der Waals surface area contributed by atoms with Gasteiger partial charge in [0.05, 0.1) is 4.91 Å². The van der Waals surface area contributed by atoms with Crippen LogP contribution in [-0.2, 0) is 4.79 Å². The summed E-state index contributed by atoms with van der Waals surface area (Å²) in [6.07, 6.45) is 1.80. The largest absolute Gasteiger partial charge is 0.351 e. The first-order chi connectivity index (χ1) is 12.0. The van der Waals surface area contributed by atoms with E-state index in [0.717, 1.165) is 25.2 Å². The van der Waals surface area contributed by atoms with Crippen molar-refractivity contribution in [2.45, 2.75) is 13.8 Å². The van der Waals surface area contributed by atoms with E-state index in [1.807, 2.05) is 12.1 Å². The number of hydrogen-bond donors (Lipinski definition) is 1. The van der Waals surface area contributed by atoms with Gasteiger partial charge in [0.1, 0.15) is 4.32 Å². The summed E-state index contributed by atoms with van der Waals surface area (Å²) in [6.45, 7) is 7.64. The number of rotatable bonds is 7. The number of thiocarbonyl (C=S) groups is 1. The Morgan fingerprint density at radius 1 is 1.28 bits per heavy atom. The maximum Gasteiger partial charge on any atom is 0.265 e. The third-order valence-electron chi connectivity index (χ3n) is 4.07. The van der Waals surface area contributed by atoms with E-state index < -0.39 is 0 Å². The number of carbonyl (C=O) groups excluding carboxylic acids is 2. The molecule has 0 spiro atoms. The molecule has 0 saturated carbocycles. The fourth-order valence-corrected chi connectivity index (χ4v) is 3.58. The lowest BCUT2D eigenvalue weighted by atomic mass is 10.1. The second kappa shape index (κ2) is 9.12. The summed E-state index contributed by atoms with van der Waals surface area (Å²) in [4.78, 5) is 28.5. The van der Waals surface area contributed by atoms with Gasteiger partial charge in [-0.3, -0.25) is 14.5 Å². The lowest BCUT2D eigenvalue weighted by Crippen LogP contribution is -2.34. The highest BCUT2D eigenvalue weighted by Crippen LogP contribution is 2.31. The van der Waals surface area contributed by atoms with Gasteiger partial charge < -0.3 is 10.2 Å². The van der Waals surface area contributed by atoms with Crippen molar-refractivity contribution in [2.75, 3.05) is 33.2 Å². The van der Waals surface area contributed by atoms with E-state index in [2.05, 4.69) is 24.1 Å². The minimum atomic E-state index is -0.0896. The molecule has 1 aliphatic rings. The Balaban J connectivity index is 1.94. The smallest absolute Gasteiger partial charge is 0.265 e. The number of carbonyl (C=O) groups is 2. The maximum atomic E-state index is 12.2. The second-order valence-electron chi connectivity index (χ2n) is 5.65. The predicted molar refractivity (Wildman–Crippen MR) is 107 cm³/mol. The molecule has 7 heteroatoms. The Labute approximate surface area is 158 Å². The van der Waals surface area contributed by atoms with Crippen LogP contribution in [0.4, 0.5) is 0 Å². The summed E-state index contributed by atoms with van der Waals surface area (Å²) in [5.74, 6) is -0.174. The van der Waals surface area contributed by atoms with E-state index in [9.17, 15) is 9.59 Å². The SMILES string of the molecule is CCN(CC)CCNC(=O)c1ccc(C=C2SC(=S)N(C)C2=O)cc1. The normalized spacial score (nSPS) is 16.2. The number of benzene rings is 1. The average Bonchev–Trinajstić information content (AvgIpc) is 2.86. The first-order valence-electron chi connectivity index (χ1n) is 8.28. The summed E-state index contributed by atoms with van der Waals surface area (Å²) in [5.41, 5.74) is 1.48. The van der Waals surface area contributed by atoms with Gasteiger partial charge in [-0.25, -0.2) is 0 Å². The molecule has 1 aromatic carbocycles. The monoisotopic (exact) mass is 377 g/mol. The third-order valence-corrected chi connectivity index (χ3v) is 5.55. The van der Waals surface area contributed by atoms with E-state index in [1.54, 1.807) is 25.3 Å². The number of thioether (sulfide) groups is 1. The van der Waals surface area contributed by atoms with Gasteiger partial charge in [0, 0.05) is 25.7 Å². The van der Waals surface area contributed by atoms with Gasteiger partial charge in [-0.1, -0.05) is 50.0 Å². The molecule has 0 unspecified atom stereocenters. The molecule has 0 aliphatic carbocycles. The predicted octanol–water partition coefficient (Wildman–Crippen LogP) is 2.59. The van der Waals surface area contributed by atoms with Gasteiger partial charge in [0.15, 0.2) is 0 Å². The van der Waals surface area contributed by atoms with Gasteiger partial charge in [-0.05, 0) is 36.9 Å². The molecule has 5 nitrogen and oxygen atoms in total. The molecule has 25 heavy (non-hydrogen) atoms. The summed E-state index contributed by atoms with van der Waals surface area (Å²) >= 11 is 6.40. The van der Waals surface area contributed by atoms with Gasteiger partial charge in [0.2, 0.25) is 0 Å². The molecule has 2 amide bonds. The number of nitrogens with zero attached hydrogens (tertiary/aromatic N) is 2. The molecular formula is C18H23N3O2S2. The summed E-state index contributed by atoms with van der Waals surface area (Å²) in [7, 11) is 1.67. The molecule has 1 N–H and O–H groups in total. The van der Waals surface area contributed by atoms with Crippen LogP contribution in [0.2, 0.25) is 0 Å². The van der Waals surface area contributed by atoms with Gasteiger partial charge in [-0.2, -0.15) is 0 Å². The first kappa shape index (κ1) is 19.6. The molecule has 1 saturated heterocycles. The fourth-order valence-electron chi connectivity index (χ4n) is 2.40. The molecule has 1 fully saturated rings. The number of likely N-dealkylation sites (N-methyl/N-ethyl adjacent to an activating group) is 2. The van der Waals surface area contributed by atoms with E-state index in [-0.39, 0.29) is 11.8 Å². The zero-order valence-electron chi connectivity index (χ0n) is 14.7. The van der Waals surface area contributed by atoms with Crippen molar-refractivity contribution in [1.82, 2.24) is 15.1 Å². The van der Waals surface area contributed by atoms with Gasteiger partial charge >= 0.3 is 0 Å². The Morgan fingerprint density at radius 3 is 2.44 bits per heavy atom. The summed E-state index contributed by atoms with van der Waals surface area (Å²) in [5, 5.41) is 2.93. The number of amides is 2. The molecule has 0 bridgehead atoms. The summed E-state index contributed by atoms with van der Waals surface area (Å²) < 4.78 is 0.556. The van der Waals surface area contributed by atoms with Gasteiger partial charge in [-0.15, -0.1) is 0 Å². The van der Waals surface area contributed by atoms with E-state index >= 15 is 0 Å². The van der Waals surface area contributed by atoms with Crippen molar-refractivity contribution < 1.29 is 9.59 Å². The molecule has 1 aliphatic heterocycles. The summed E-state index contributed by atoms with van der Waals surface area (Å²) in [6, 6.07) is 7.21. The van der Waals surface area contributed by atoms with Crippen LogP contribution in [-0.4, -0.2) is 59.2 Å². The van der Waals surface area contributed by atoms with Crippen molar-refractivity contribution in [2.24, 2.45) is 0 Å². The lowest BCUT2D eigenvalue weighted by molar-refractivity contribution is -0.121. The molecule has 1 aromatic rings. The van der Waals surface area contributed by atoms with Crippen LogP contribution in [0.1, 0.15) is 29.8 Å². The Hall–Kier alpha value is -1.70. The Bertz CT molecular complexity index is 682. The highest BCUT2D eigenvalue weighted by atomic mass is 32.2. The topological polar surface area (TPSA) is 52.7 Å². The minimum Gasteiger partial charge on any atom is -0.351 e. The average molecular weight is 378 g/mol. The fraction of sp³-hybridized carbons (Fsp3) is 0.389. The van der Waals surface area contributed by atoms with Crippen LogP contribution < -0.4 is 5.32 Å². The van der Waals surface area contributed by atoms with Crippen LogP contribution in [0, 0.1) is 0 Å². The van der Waals surface area contributed by atoms with Crippen molar-refractivity contribution in [3.8, 4) is 0 Å². The van der Waals surface area contributed by atoms with Crippen molar-refractivity contribution in [1.29, 1.82) is 0 Å². The Kier molecular flexibility index (Phi) is 7.16. The molecular weight excluding hydrogens is 354 g/mol. The van der Waals surface area contributed by atoms with Crippen LogP contribution in [0.25, 0.3) is 6.08 Å². The molecule has 0 atom stereocenters. The van der Waals surface area contributed by atoms with E-state index in [0.29, 0.717) is 21.3 Å². The molecule has 0 radical (unpaired) electrons. The first-order valence-corrected chi connectivity index (χ1v) is 9.50. The Morgan fingerprint density at radius 2 is 1.92 bits per heavy atom. The molecule has 134 valence electrons.